The van der Waals surface area contributed by atoms with Crippen molar-refractivity contribution in [3.05, 3.63) is 206 Å². The Morgan fingerprint density at radius 2 is 0.643 bits per heavy atom. The predicted octanol–water partition coefficient (Wildman–Crippen LogP) is 14.7. The molecule has 0 bridgehead atoms. The van der Waals surface area contributed by atoms with Gasteiger partial charge in [0.25, 0.3) is 0 Å². The van der Waals surface area contributed by atoms with Crippen molar-refractivity contribution in [3.8, 4) is 33.6 Å². The van der Waals surface area contributed by atoms with Crippen LogP contribution in [-0.4, -0.2) is 9.13 Å². The number of benzene rings is 10. The van der Waals surface area contributed by atoms with Crippen LogP contribution in [0, 0.1) is 0 Å². The van der Waals surface area contributed by atoms with Crippen LogP contribution in [0.15, 0.2) is 206 Å². The maximum Gasteiger partial charge on any atom is 0.0547 e. The molecule has 10 aromatic carbocycles. The van der Waals surface area contributed by atoms with Crippen LogP contribution >= 0.6 is 0 Å². The molecule has 2 heteroatoms. The van der Waals surface area contributed by atoms with Gasteiger partial charge in [0.05, 0.1) is 22.1 Å². The highest BCUT2D eigenvalue weighted by Gasteiger charge is 2.17. The van der Waals surface area contributed by atoms with Crippen LogP contribution in [0.25, 0.3) is 110 Å². The Hall–Kier alpha value is -7.42. The van der Waals surface area contributed by atoms with E-state index in [-0.39, 0.29) is 0 Å². The number of hydrogen-bond acceptors (Lipinski definition) is 0. The quantitative estimate of drug-likeness (QED) is 0.161. The van der Waals surface area contributed by atoms with Gasteiger partial charge in [0.15, 0.2) is 0 Å². The standard InChI is InChI=1S/C54H34N2/c1-2-15-39(16-3-1)55-51-23-10-8-21-46(51)48-28-25-38(33-54(48)55)36-14-12-13-35(31-36)37-26-30-53-50(32-37)47-22-9-11-24-52(47)56(53)40-27-29-45-43-19-5-4-17-41(43)42-18-6-7-20-44(42)49(45)34-40/h1-34H. The highest BCUT2D eigenvalue weighted by molar-refractivity contribution is 6.25. The van der Waals surface area contributed by atoms with E-state index >= 15 is 0 Å². The van der Waals surface area contributed by atoms with E-state index in [2.05, 4.69) is 215 Å². The lowest BCUT2D eigenvalue weighted by molar-refractivity contribution is 1.18. The number of para-hydroxylation sites is 3. The fraction of sp³-hybridized carbons (Fsp3) is 0. The molecule has 0 radical (unpaired) electrons. The Balaban J connectivity index is 1.00. The van der Waals surface area contributed by atoms with Gasteiger partial charge in [-0.15, -0.1) is 0 Å². The van der Waals surface area contributed by atoms with Gasteiger partial charge in [-0.25, -0.2) is 0 Å². The first-order valence-corrected chi connectivity index (χ1v) is 19.3. The van der Waals surface area contributed by atoms with E-state index < -0.39 is 0 Å². The Labute approximate surface area is 323 Å². The summed E-state index contributed by atoms with van der Waals surface area (Å²) >= 11 is 0. The lowest BCUT2D eigenvalue weighted by Gasteiger charge is -2.14. The topological polar surface area (TPSA) is 9.86 Å². The molecule has 0 saturated carbocycles. The molecule has 0 aliphatic heterocycles. The number of aromatic nitrogens is 2. The molecule has 260 valence electrons. The lowest BCUT2D eigenvalue weighted by atomic mass is 9.94. The van der Waals surface area contributed by atoms with Gasteiger partial charge in [-0.05, 0) is 115 Å². The van der Waals surface area contributed by atoms with E-state index in [1.54, 1.807) is 0 Å². The molecular weight excluding hydrogens is 677 g/mol. The Kier molecular flexibility index (Phi) is 6.66. The minimum Gasteiger partial charge on any atom is -0.309 e. The van der Waals surface area contributed by atoms with Gasteiger partial charge in [0.1, 0.15) is 0 Å². The fourth-order valence-corrected chi connectivity index (χ4v) is 9.35. The second-order valence-corrected chi connectivity index (χ2v) is 14.9. The molecule has 12 rings (SSSR count). The molecule has 0 aliphatic rings. The molecule has 12 aromatic rings. The van der Waals surface area contributed by atoms with Crippen LogP contribution in [0.3, 0.4) is 0 Å². The first-order chi connectivity index (χ1) is 27.8. The van der Waals surface area contributed by atoms with E-state index in [4.69, 9.17) is 0 Å². The van der Waals surface area contributed by atoms with Crippen LogP contribution in [0.5, 0.6) is 0 Å². The van der Waals surface area contributed by atoms with E-state index in [1.165, 1.54) is 110 Å². The number of rotatable bonds is 4. The van der Waals surface area contributed by atoms with Crippen LogP contribution < -0.4 is 0 Å². The van der Waals surface area contributed by atoms with Crippen molar-refractivity contribution in [2.45, 2.75) is 0 Å². The maximum atomic E-state index is 2.44. The fourth-order valence-electron chi connectivity index (χ4n) is 9.35. The van der Waals surface area contributed by atoms with Gasteiger partial charge in [-0.1, -0.05) is 146 Å². The SMILES string of the molecule is c1ccc(-n2c3ccccc3c3ccc(-c4cccc(-c5ccc6c(c5)c5ccccc5n6-c5ccc6c7ccccc7c7ccccc7c6c5)c4)cc32)cc1. The zero-order chi connectivity index (χ0) is 36.7. The Morgan fingerprint density at radius 1 is 0.196 bits per heavy atom. The van der Waals surface area contributed by atoms with Crippen LogP contribution in [0.1, 0.15) is 0 Å². The first-order valence-electron chi connectivity index (χ1n) is 19.3. The second-order valence-electron chi connectivity index (χ2n) is 14.9. The van der Waals surface area contributed by atoms with Crippen LogP contribution in [0.4, 0.5) is 0 Å². The van der Waals surface area contributed by atoms with Gasteiger partial charge >= 0.3 is 0 Å². The minimum atomic E-state index is 1.17. The first kappa shape index (κ1) is 31.0. The summed E-state index contributed by atoms with van der Waals surface area (Å²) in [6.07, 6.45) is 0. The largest absolute Gasteiger partial charge is 0.309 e. The van der Waals surface area contributed by atoms with Gasteiger partial charge in [0.2, 0.25) is 0 Å². The van der Waals surface area contributed by atoms with Gasteiger partial charge in [0, 0.05) is 32.9 Å². The zero-order valence-electron chi connectivity index (χ0n) is 30.5. The smallest absolute Gasteiger partial charge is 0.0547 e. The summed E-state index contributed by atoms with van der Waals surface area (Å²) in [5.41, 5.74) is 12.0. The summed E-state index contributed by atoms with van der Waals surface area (Å²) in [7, 11) is 0. The maximum absolute atomic E-state index is 2.44. The van der Waals surface area contributed by atoms with Gasteiger partial charge in [-0.3, -0.25) is 0 Å². The van der Waals surface area contributed by atoms with E-state index in [9.17, 15) is 0 Å². The number of hydrogen-bond donors (Lipinski definition) is 0. The Bertz CT molecular complexity index is 3490. The summed E-state index contributed by atoms with van der Waals surface area (Å²) in [6, 6.07) is 75.7. The third kappa shape index (κ3) is 4.57. The highest BCUT2D eigenvalue weighted by Crippen LogP contribution is 2.40. The third-order valence-electron chi connectivity index (χ3n) is 11.9. The molecule has 56 heavy (non-hydrogen) atoms. The molecule has 0 spiro atoms. The number of fused-ring (bicyclic) bond motifs is 12. The third-order valence-corrected chi connectivity index (χ3v) is 11.9. The van der Waals surface area contributed by atoms with E-state index in [1.807, 2.05) is 0 Å². The summed E-state index contributed by atoms with van der Waals surface area (Å²) in [5.74, 6) is 0. The normalized spacial score (nSPS) is 11.9. The lowest BCUT2D eigenvalue weighted by Crippen LogP contribution is -1.94. The van der Waals surface area contributed by atoms with Crippen molar-refractivity contribution in [1.82, 2.24) is 9.13 Å². The van der Waals surface area contributed by atoms with Crippen molar-refractivity contribution in [2.75, 3.05) is 0 Å². The molecule has 2 aromatic heterocycles. The van der Waals surface area contributed by atoms with Crippen molar-refractivity contribution >= 4 is 75.9 Å². The van der Waals surface area contributed by atoms with Gasteiger partial charge in [-0.2, -0.15) is 0 Å². The van der Waals surface area contributed by atoms with Gasteiger partial charge < -0.3 is 9.13 Å². The summed E-state index contributed by atoms with van der Waals surface area (Å²) < 4.78 is 4.83. The number of nitrogens with zero attached hydrogens (tertiary/aromatic N) is 2. The highest BCUT2D eigenvalue weighted by atomic mass is 15.0. The average molecular weight is 711 g/mol. The second kappa shape index (κ2) is 12.0. The molecule has 0 unspecified atom stereocenters. The van der Waals surface area contributed by atoms with Crippen molar-refractivity contribution in [2.24, 2.45) is 0 Å². The molecule has 0 aliphatic carbocycles. The summed E-state index contributed by atoms with van der Waals surface area (Å²) in [4.78, 5) is 0. The van der Waals surface area contributed by atoms with Crippen molar-refractivity contribution < 1.29 is 0 Å². The Morgan fingerprint density at radius 3 is 1.32 bits per heavy atom. The summed E-state index contributed by atoms with van der Waals surface area (Å²) in [6.45, 7) is 0. The molecule has 0 fully saturated rings. The summed E-state index contributed by atoms with van der Waals surface area (Å²) in [5, 5.41) is 12.8. The molecule has 0 saturated heterocycles. The monoisotopic (exact) mass is 710 g/mol. The van der Waals surface area contributed by atoms with E-state index in [0.29, 0.717) is 0 Å². The molecule has 0 amide bonds. The average Bonchev–Trinajstić information content (AvgIpc) is 3.79. The molecule has 2 nitrogen and oxygen atoms in total. The van der Waals surface area contributed by atoms with Crippen LogP contribution in [-0.2, 0) is 0 Å². The molecular formula is C54H34N2. The van der Waals surface area contributed by atoms with Crippen molar-refractivity contribution in [3.63, 3.8) is 0 Å². The predicted molar refractivity (Wildman–Crippen MR) is 239 cm³/mol. The van der Waals surface area contributed by atoms with Crippen LogP contribution in [0.2, 0.25) is 0 Å². The van der Waals surface area contributed by atoms with Crippen molar-refractivity contribution in [1.29, 1.82) is 0 Å². The molecule has 0 N–H and O–H groups in total. The zero-order valence-corrected chi connectivity index (χ0v) is 30.5. The molecule has 2 heterocycles. The van der Waals surface area contributed by atoms with E-state index in [0.717, 1.165) is 0 Å². The minimum absolute atomic E-state index is 1.17. The molecule has 0 atom stereocenters.